The molecule has 2 aromatic heterocycles. The average molecular weight is 361 g/mol. The Morgan fingerprint density at radius 1 is 1.15 bits per heavy atom. The summed E-state index contributed by atoms with van der Waals surface area (Å²) in [5.41, 5.74) is 2.87. The lowest BCUT2D eigenvalue weighted by Gasteiger charge is -2.30. The van der Waals surface area contributed by atoms with Gasteiger partial charge in [0.15, 0.2) is 0 Å². The van der Waals surface area contributed by atoms with Gasteiger partial charge in [-0.3, -0.25) is 9.78 Å². The Morgan fingerprint density at radius 3 is 2.74 bits per heavy atom. The molecule has 0 aliphatic carbocycles. The van der Waals surface area contributed by atoms with Crippen molar-refractivity contribution in [2.75, 3.05) is 18.4 Å². The largest absolute Gasteiger partial charge is 0.337 e. The molecule has 1 saturated heterocycles. The van der Waals surface area contributed by atoms with E-state index in [-0.39, 0.29) is 5.91 Å². The number of fused-ring (bicyclic) bond motifs is 1. The third-order valence-corrected chi connectivity index (χ3v) is 5.02. The lowest BCUT2D eigenvalue weighted by atomic mass is 9.99. The second kappa shape index (κ2) is 7.31. The van der Waals surface area contributed by atoms with Crippen molar-refractivity contribution in [1.82, 2.24) is 19.9 Å². The molecule has 6 nitrogen and oxygen atoms in total. The van der Waals surface area contributed by atoms with Gasteiger partial charge in [-0.05, 0) is 43.9 Å². The smallest absolute Gasteiger partial charge is 0.272 e. The first-order valence-electron chi connectivity index (χ1n) is 9.36. The van der Waals surface area contributed by atoms with Gasteiger partial charge in [0, 0.05) is 30.4 Å². The third-order valence-electron chi connectivity index (χ3n) is 5.02. The van der Waals surface area contributed by atoms with Gasteiger partial charge in [-0.1, -0.05) is 25.1 Å². The van der Waals surface area contributed by atoms with E-state index < -0.39 is 0 Å². The summed E-state index contributed by atoms with van der Waals surface area (Å²) in [4.78, 5) is 28.2. The quantitative estimate of drug-likeness (QED) is 0.765. The van der Waals surface area contributed by atoms with Crippen LogP contribution in [0.15, 0.2) is 42.6 Å². The number of para-hydroxylation sites is 1. The number of aromatic nitrogens is 3. The molecular weight excluding hydrogens is 338 g/mol. The van der Waals surface area contributed by atoms with Crippen LogP contribution in [-0.2, 0) is 0 Å². The zero-order chi connectivity index (χ0) is 18.8. The Morgan fingerprint density at radius 2 is 1.93 bits per heavy atom. The predicted octanol–water partition coefficient (Wildman–Crippen LogP) is 3.95. The molecule has 0 bridgehead atoms. The van der Waals surface area contributed by atoms with Gasteiger partial charge in [0.25, 0.3) is 5.91 Å². The third kappa shape index (κ3) is 3.74. The number of carbonyl (C=O) groups is 1. The van der Waals surface area contributed by atoms with Crippen LogP contribution in [0.3, 0.4) is 0 Å². The van der Waals surface area contributed by atoms with E-state index in [1.54, 1.807) is 12.3 Å². The van der Waals surface area contributed by atoms with E-state index in [1.807, 2.05) is 42.2 Å². The molecule has 0 radical (unpaired) electrons. The van der Waals surface area contributed by atoms with Crippen molar-refractivity contribution in [3.63, 3.8) is 0 Å². The summed E-state index contributed by atoms with van der Waals surface area (Å²) in [7, 11) is 0. The topological polar surface area (TPSA) is 71.0 Å². The van der Waals surface area contributed by atoms with Crippen LogP contribution in [0.5, 0.6) is 0 Å². The van der Waals surface area contributed by atoms with Crippen molar-refractivity contribution < 1.29 is 4.79 Å². The molecule has 1 N–H and O–H groups in total. The number of hydrogen-bond donors (Lipinski definition) is 1. The zero-order valence-corrected chi connectivity index (χ0v) is 15.6. The van der Waals surface area contributed by atoms with E-state index in [4.69, 9.17) is 0 Å². The minimum absolute atomic E-state index is 0.0218. The molecule has 138 valence electrons. The van der Waals surface area contributed by atoms with Crippen LogP contribution in [0.4, 0.5) is 11.6 Å². The van der Waals surface area contributed by atoms with Gasteiger partial charge >= 0.3 is 0 Å². The van der Waals surface area contributed by atoms with Crippen LogP contribution in [0.2, 0.25) is 0 Å². The Kier molecular flexibility index (Phi) is 4.71. The second-order valence-corrected chi connectivity index (χ2v) is 7.20. The van der Waals surface area contributed by atoms with Crippen LogP contribution in [-0.4, -0.2) is 38.8 Å². The first-order chi connectivity index (χ1) is 13.1. The fourth-order valence-electron chi connectivity index (χ4n) is 3.43. The van der Waals surface area contributed by atoms with E-state index >= 15 is 0 Å². The normalized spacial score (nSPS) is 15.1. The highest BCUT2D eigenvalue weighted by Crippen LogP contribution is 2.24. The number of rotatable bonds is 3. The standard InChI is InChI=1S/C21H23N5O/c1-14-8-11-26(12-9-14)20(27)18-13-15(2)23-21(25-18)24-17-7-3-5-16-6-4-10-22-19(16)17/h3-7,10,13-14H,8-9,11-12H2,1-2H3,(H,23,24,25). The Hall–Kier alpha value is -3.02. The van der Waals surface area contributed by atoms with Gasteiger partial charge in [-0.15, -0.1) is 0 Å². The maximum absolute atomic E-state index is 12.9. The number of amides is 1. The number of likely N-dealkylation sites (tertiary alicyclic amines) is 1. The minimum Gasteiger partial charge on any atom is -0.337 e. The van der Waals surface area contributed by atoms with Crippen LogP contribution < -0.4 is 5.32 Å². The first kappa shape index (κ1) is 17.4. The number of nitrogens with zero attached hydrogens (tertiary/aromatic N) is 4. The molecule has 1 aliphatic rings. The molecule has 1 amide bonds. The molecule has 1 fully saturated rings. The lowest BCUT2D eigenvalue weighted by Crippen LogP contribution is -2.38. The van der Waals surface area contributed by atoms with Crippen LogP contribution >= 0.6 is 0 Å². The van der Waals surface area contributed by atoms with Crippen molar-refractivity contribution in [3.8, 4) is 0 Å². The molecule has 0 atom stereocenters. The van der Waals surface area contributed by atoms with Gasteiger partial charge in [-0.2, -0.15) is 0 Å². The molecule has 3 aromatic rings. The summed E-state index contributed by atoms with van der Waals surface area (Å²) < 4.78 is 0. The Balaban J connectivity index is 1.61. The van der Waals surface area contributed by atoms with E-state index in [9.17, 15) is 4.79 Å². The molecule has 0 saturated carbocycles. The number of piperidine rings is 1. The number of hydrogen-bond acceptors (Lipinski definition) is 5. The zero-order valence-electron chi connectivity index (χ0n) is 15.6. The van der Waals surface area contributed by atoms with Crippen molar-refractivity contribution in [2.45, 2.75) is 26.7 Å². The highest BCUT2D eigenvalue weighted by atomic mass is 16.2. The fraction of sp³-hybridized carbons (Fsp3) is 0.333. The summed E-state index contributed by atoms with van der Waals surface area (Å²) in [6, 6.07) is 11.6. The maximum atomic E-state index is 12.9. The number of nitrogens with one attached hydrogen (secondary N) is 1. The number of pyridine rings is 1. The van der Waals surface area contributed by atoms with Crippen LogP contribution in [0.1, 0.15) is 35.9 Å². The van der Waals surface area contributed by atoms with Gasteiger partial charge in [0.05, 0.1) is 11.2 Å². The molecule has 3 heterocycles. The summed E-state index contributed by atoms with van der Waals surface area (Å²) in [5.74, 6) is 1.07. The van der Waals surface area contributed by atoms with Gasteiger partial charge in [0.2, 0.25) is 5.95 Å². The fourth-order valence-corrected chi connectivity index (χ4v) is 3.43. The van der Waals surface area contributed by atoms with Crippen molar-refractivity contribution in [1.29, 1.82) is 0 Å². The summed E-state index contributed by atoms with van der Waals surface area (Å²) in [6.45, 7) is 5.69. The van der Waals surface area contributed by atoms with E-state index in [0.717, 1.165) is 48.2 Å². The Bertz CT molecular complexity index is 974. The lowest BCUT2D eigenvalue weighted by molar-refractivity contribution is 0.0691. The highest BCUT2D eigenvalue weighted by Gasteiger charge is 2.23. The van der Waals surface area contributed by atoms with E-state index in [2.05, 4.69) is 27.2 Å². The molecular formula is C21H23N5O. The van der Waals surface area contributed by atoms with E-state index in [1.165, 1.54) is 0 Å². The molecule has 0 spiro atoms. The van der Waals surface area contributed by atoms with Crippen LogP contribution in [0, 0.1) is 12.8 Å². The molecule has 6 heteroatoms. The maximum Gasteiger partial charge on any atom is 0.272 e. The van der Waals surface area contributed by atoms with Gasteiger partial charge < -0.3 is 10.2 Å². The number of anilines is 2. The number of benzene rings is 1. The SMILES string of the molecule is Cc1cc(C(=O)N2CCC(C)CC2)nc(Nc2cccc3cccnc23)n1. The first-order valence-corrected chi connectivity index (χ1v) is 9.36. The predicted molar refractivity (Wildman–Crippen MR) is 106 cm³/mol. The van der Waals surface area contributed by atoms with Crippen molar-refractivity contribution >= 4 is 28.4 Å². The second-order valence-electron chi connectivity index (χ2n) is 7.20. The summed E-state index contributed by atoms with van der Waals surface area (Å²) >= 11 is 0. The van der Waals surface area contributed by atoms with E-state index in [0.29, 0.717) is 17.6 Å². The van der Waals surface area contributed by atoms with Gasteiger partial charge in [-0.25, -0.2) is 9.97 Å². The molecule has 27 heavy (non-hydrogen) atoms. The summed E-state index contributed by atoms with van der Waals surface area (Å²) in [6.07, 6.45) is 3.85. The molecule has 1 aromatic carbocycles. The van der Waals surface area contributed by atoms with Gasteiger partial charge in [0.1, 0.15) is 5.69 Å². The molecule has 4 rings (SSSR count). The molecule has 1 aliphatic heterocycles. The monoisotopic (exact) mass is 361 g/mol. The van der Waals surface area contributed by atoms with Crippen molar-refractivity contribution in [2.24, 2.45) is 5.92 Å². The minimum atomic E-state index is -0.0218. The number of carbonyl (C=O) groups excluding carboxylic acids is 1. The van der Waals surface area contributed by atoms with Crippen molar-refractivity contribution in [3.05, 3.63) is 54.0 Å². The summed E-state index contributed by atoms with van der Waals surface area (Å²) in [5, 5.41) is 4.27. The average Bonchev–Trinajstić information content (AvgIpc) is 2.68. The number of aryl methyl sites for hydroxylation is 1. The van der Waals surface area contributed by atoms with Crippen LogP contribution in [0.25, 0.3) is 10.9 Å². The molecule has 0 unspecified atom stereocenters. The Labute approximate surface area is 158 Å². The highest BCUT2D eigenvalue weighted by molar-refractivity contribution is 5.94.